The Labute approximate surface area is 124 Å². The first kappa shape index (κ1) is 16.6. The van der Waals surface area contributed by atoms with Gasteiger partial charge in [-0.05, 0) is 12.5 Å². The SMILES string of the molecule is Cc1ccccc1.N=C(CC(O)c1ccccc1)C(=O)O. The van der Waals surface area contributed by atoms with Crippen LogP contribution in [-0.2, 0) is 4.79 Å². The molecule has 0 aliphatic rings. The van der Waals surface area contributed by atoms with Crippen LogP contribution in [0.15, 0.2) is 60.7 Å². The number of carbonyl (C=O) groups is 1. The van der Waals surface area contributed by atoms with E-state index in [-0.39, 0.29) is 6.42 Å². The van der Waals surface area contributed by atoms with Crippen LogP contribution in [-0.4, -0.2) is 21.9 Å². The number of aliphatic hydroxyl groups is 1. The number of carboxylic acid groups (broad SMARTS) is 1. The molecule has 3 N–H and O–H groups in total. The Balaban J connectivity index is 0.000000262. The van der Waals surface area contributed by atoms with E-state index in [1.165, 1.54) is 5.56 Å². The van der Waals surface area contributed by atoms with Gasteiger partial charge < -0.3 is 10.2 Å². The number of aliphatic hydroxyl groups excluding tert-OH is 1. The first-order valence-electron chi connectivity index (χ1n) is 6.56. The predicted octanol–water partition coefficient (Wildman–Crippen LogP) is 3.21. The standard InChI is InChI=1S/C10H11NO3.C7H8/c11-8(10(13)14)6-9(12)7-4-2-1-3-5-7;1-7-5-3-2-4-6-7/h1-5,9,11-12H,6H2,(H,13,14);2-6H,1H3. The van der Waals surface area contributed by atoms with Crippen LogP contribution in [0.5, 0.6) is 0 Å². The molecule has 0 saturated carbocycles. The number of hydrogen-bond donors (Lipinski definition) is 3. The molecule has 2 rings (SSSR count). The average Bonchev–Trinajstić information content (AvgIpc) is 2.49. The second-order valence-corrected chi connectivity index (χ2v) is 4.57. The highest BCUT2D eigenvalue weighted by Crippen LogP contribution is 2.15. The molecular formula is C17H19NO3. The number of aliphatic carboxylic acids is 1. The van der Waals surface area contributed by atoms with Crippen LogP contribution in [0.1, 0.15) is 23.7 Å². The van der Waals surface area contributed by atoms with E-state index in [1.54, 1.807) is 30.3 Å². The maximum absolute atomic E-state index is 10.3. The number of nitrogens with one attached hydrogen (secondary N) is 1. The molecule has 4 nitrogen and oxygen atoms in total. The maximum atomic E-state index is 10.3. The molecule has 0 saturated heterocycles. The number of rotatable bonds is 4. The quantitative estimate of drug-likeness (QED) is 0.754. The molecule has 0 aliphatic carbocycles. The molecule has 0 heterocycles. The summed E-state index contributed by atoms with van der Waals surface area (Å²) in [6.45, 7) is 2.08. The highest BCUT2D eigenvalue weighted by atomic mass is 16.4. The summed E-state index contributed by atoms with van der Waals surface area (Å²) < 4.78 is 0. The zero-order valence-electron chi connectivity index (χ0n) is 11.9. The Bertz CT molecular complexity index is 567. The van der Waals surface area contributed by atoms with E-state index >= 15 is 0 Å². The first-order chi connectivity index (χ1) is 10.0. The lowest BCUT2D eigenvalue weighted by atomic mass is 10.0. The highest BCUT2D eigenvalue weighted by molar-refractivity contribution is 6.34. The summed E-state index contributed by atoms with van der Waals surface area (Å²) in [5, 5.41) is 25.0. The second-order valence-electron chi connectivity index (χ2n) is 4.57. The third kappa shape index (κ3) is 6.49. The fraction of sp³-hybridized carbons (Fsp3) is 0.176. The summed E-state index contributed by atoms with van der Waals surface area (Å²) in [5.41, 5.74) is 1.46. The smallest absolute Gasteiger partial charge is 0.349 e. The summed E-state index contributed by atoms with van der Waals surface area (Å²) in [6.07, 6.45) is -1.08. The van der Waals surface area contributed by atoms with Crippen LogP contribution in [0, 0.1) is 12.3 Å². The molecule has 4 heteroatoms. The molecule has 2 aromatic carbocycles. The molecular weight excluding hydrogens is 266 g/mol. The van der Waals surface area contributed by atoms with Gasteiger partial charge in [-0.15, -0.1) is 0 Å². The molecule has 0 aliphatic heterocycles. The summed E-state index contributed by atoms with van der Waals surface area (Å²) in [4.78, 5) is 10.3. The van der Waals surface area contributed by atoms with Crippen LogP contribution in [0.4, 0.5) is 0 Å². The molecule has 0 aromatic heterocycles. The molecule has 0 radical (unpaired) electrons. The second kappa shape index (κ2) is 8.66. The van der Waals surface area contributed by atoms with Crippen LogP contribution in [0.2, 0.25) is 0 Å². The highest BCUT2D eigenvalue weighted by Gasteiger charge is 2.14. The fourth-order valence-electron chi connectivity index (χ4n) is 1.61. The fourth-order valence-corrected chi connectivity index (χ4v) is 1.61. The molecule has 0 fully saturated rings. The number of carboxylic acids is 1. The Hall–Kier alpha value is -2.46. The Morgan fingerprint density at radius 2 is 1.52 bits per heavy atom. The minimum atomic E-state index is -1.29. The zero-order valence-corrected chi connectivity index (χ0v) is 11.9. The third-order valence-electron chi connectivity index (χ3n) is 2.78. The van der Waals surface area contributed by atoms with Crippen molar-refractivity contribution in [2.24, 2.45) is 0 Å². The molecule has 0 spiro atoms. The van der Waals surface area contributed by atoms with Crippen molar-refractivity contribution in [2.75, 3.05) is 0 Å². The molecule has 21 heavy (non-hydrogen) atoms. The van der Waals surface area contributed by atoms with Crippen LogP contribution < -0.4 is 0 Å². The van der Waals surface area contributed by atoms with Gasteiger partial charge in [0.25, 0.3) is 0 Å². The van der Waals surface area contributed by atoms with Gasteiger partial charge in [0.05, 0.1) is 6.10 Å². The van der Waals surface area contributed by atoms with Crippen molar-refractivity contribution in [2.45, 2.75) is 19.4 Å². The lowest BCUT2D eigenvalue weighted by Crippen LogP contribution is -2.15. The van der Waals surface area contributed by atoms with Gasteiger partial charge in [-0.25, -0.2) is 4.79 Å². The van der Waals surface area contributed by atoms with Gasteiger partial charge in [0, 0.05) is 6.42 Å². The Morgan fingerprint density at radius 1 is 1.05 bits per heavy atom. The van der Waals surface area contributed by atoms with Crippen molar-refractivity contribution < 1.29 is 15.0 Å². The van der Waals surface area contributed by atoms with Gasteiger partial charge in [0.1, 0.15) is 5.71 Å². The van der Waals surface area contributed by atoms with Gasteiger partial charge in [-0.1, -0.05) is 66.2 Å². The van der Waals surface area contributed by atoms with Gasteiger partial charge in [-0.3, -0.25) is 5.41 Å². The van der Waals surface area contributed by atoms with Gasteiger partial charge in [0.2, 0.25) is 0 Å². The number of aryl methyl sites for hydroxylation is 1. The molecule has 0 bridgehead atoms. The normalized spacial score (nSPS) is 11.0. The summed E-state index contributed by atoms with van der Waals surface area (Å²) >= 11 is 0. The summed E-state index contributed by atoms with van der Waals surface area (Å²) in [7, 11) is 0. The van der Waals surface area contributed by atoms with E-state index in [4.69, 9.17) is 10.5 Å². The van der Waals surface area contributed by atoms with E-state index in [2.05, 4.69) is 19.1 Å². The summed E-state index contributed by atoms with van der Waals surface area (Å²) in [5.74, 6) is -1.29. The van der Waals surface area contributed by atoms with E-state index in [9.17, 15) is 9.90 Å². The Kier molecular flexibility index (Phi) is 6.84. The van der Waals surface area contributed by atoms with Crippen molar-refractivity contribution in [1.82, 2.24) is 0 Å². The topological polar surface area (TPSA) is 81.4 Å². The van der Waals surface area contributed by atoms with Crippen LogP contribution in [0.3, 0.4) is 0 Å². The minimum absolute atomic E-state index is 0.167. The lowest BCUT2D eigenvalue weighted by Gasteiger charge is -2.09. The average molecular weight is 285 g/mol. The predicted molar refractivity (Wildman–Crippen MR) is 82.6 cm³/mol. The lowest BCUT2D eigenvalue weighted by molar-refractivity contribution is -0.129. The minimum Gasteiger partial charge on any atom is -0.477 e. The van der Waals surface area contributed by atoms with E-state index in [0.717, 1.165) is 0 Å². The maximum Gasteiger partial charge on any atom is 0.349 e. The zero-order chi connectivity index (χ0) is 15.7. The van der Waals surface area contributed by atoms with Crippen molar-refractivity contribution in [1.29, 1.82) is 5.41 Å². The monoisotopic (exact) mass is 285 g/mol. The van der Waals surface area contributed by atoms with E-state index in [1.807, 2.05) is 18.2 Å². The molecule has 1 unspecified atom stereocenters. The van der Waals surface area contributed by atoms with E-state index < -0.39 is 17.8 Å². The molecule has 2 aromatic rings. The third-order valence-corrected chi connectivity index (χ3v) is 2.78. The number of benzene rings is 2. The van der Waals surface area contributed by atoms with Gasteiger partial charge in [0.15, 0.2) is 0 Å². The van der Waals surface area contributed by atoms with Gasteiger partial charge in [-0.2, -0.15) is 0 Å². The molecule has 0 amide bonds. The van der Waals surface area contributed by atoms with Crippen molar-refractivity contribution in [3.8, 4) is 0 Å². The molecule has 1 atom stereocenters. The van der Waals surface area contributed by atoms with Crippen molar-refractivity contribution in [3.05, 3.63) is 71.8 Å². The van der Waals surface area contributed by atoms with E-state index in [0.29, 0.717) is 5.56 Å². The Morgan fingerprint density at radius 3 is 1.90 bits per heavy atom. The van der Waals surface area contributed by atoms with Crippen LogP contribution in [0.25, 0.3) is 0 Å². The largest absolute Gasteiger partial charge is 0.477 e. The molecule has 110 valence electrons. The summed E-state index contributed by atoms with van der Waals surface area (Å²) in [6, 6.07) is 19.0. The van der Waals surface area contributed by atoms with Crippen molar-refractivity contribution >= 4 is 11.7 Å². The van der Waals surface area contributed by atoms with Crippen LogP contribution >= 0.6 is 0 Å². The van der Waals surface area contributed by atoms with Gasteiger partial charge >= 0.3 is 5.97 Å². The van der Waals surface area contributed by atoms with Crippen molar-refractivity contribution in [3.63, 3.8) is 0 Å². The number of hydrogen-bond acceptors (Lipinski definition) is 3. The first-order valence-corrected chi connectivity index (χ1v) is 6.56.